The number of anilines is 5. The van der Waals surface area contributed by atoms with E-state index in [2.05, 4.69) is 36.1 Å². The first-order chi connectivity index (χ1) is 16.2. The van der Waals surface area contributed by atoms with Crippen LogP contribution in [0.15, 0.2) is 84.0 Å². The normalized spacial score (nSPS) is 10.7. The molecule has 0 unspecified atom stereocenters. The van der Waals surface area contributed by atoms with Gasteiger partial charge in [0.2, 0.25) is 17.8 Å². The van der Waals surface area contributed by atoms with Crippen LogP contribution in [0.1, 0.15) is 12.5 Å². The molecular formula is C24H23N7O2. The topological polar surface area (TPSA) is 117 Å². The van der Waals surface area contributed by atoms with Gasteiger partial charge in [-0.2, -0.15) is 20.1 Å². The van der Waals surface area contributed by atoms with Gasteiger partial charge in [-0.05, 0) is 55.0 Å². The minimum absolute atomic E-state index is 0.0766. The minimum atomic E-state index is 0.0766. The lowest BCUT2D eigenvalue weighted by Crippen LogP contribution is -2.07. The van der Waals surface area contributed by atoms with Crippen molar-refractivity contribution < 1.29 is 9.84 Å². The number of nitrogens with one attached hydrogen (secondary N) is 3. The van der Waals surface area contributed by atoms with E-state index in [1.807, 2.05) is 67.6 Å². The van der Waals surface area contributed by atoms with Crippen LogP contribution in [-0.2, 0) is 0 Å². The number of hydrogen-bond acceptors (Lipinski definition) is 9. The zero-order valence-electron chi connectivity index (χ0n) is 17.9. The average Bonchev–Trinajstić information content (AvgIpc) is 2.82. The van der Waals surface area contributed by atoms with Crippen LogP contribution >= 0.6 is 0 Å². The lowest BCUT2D eigenvalue weighted by atomic mass is 10.2. The highest BCUT2D eigenvalue weighted by Gasteiger charge is 2.08. The van der Waals surface area contributed by atoms with Crippen LogP contribution in [0.2, 0.25) is 0 Å². The minimum Gasteiger partial charge on any atom is -0.504 e. The first-order valence-electron chi connectivity index (χ1n) is 10.3. The molecule has 0 saturated carbocycles. The molecule has 9 nitrogen and oxygen atoms in total. The third kappa shape index (κ3) is 6.17. The molecule has 0 aliphatic rings. The molecule has 0 aliphatic heterocycles. The smallest absolute Gasteiger partial charge is 0.250 e. The summed E-state index contributed by atoms with van der Waals surface area (Å²) in [5.41, 5.74) is 5.26. The van der Waals surface area contributed by atoms with E-state index < -0.39 is 0 Å². The summed E-state index contributed by atoms with van der Waals surface area (Å²) in [6.07, 6.45) is 1.58. The molecule has 0 radical (unpaired) electrons. The van der Waals surface area contributed by atoms with E-state index in [4.69, 9.17) is 4.74 Å². The Morgan fingerprint density at radius 1 is 0.818 bits per heavy atom. The van der Waals surface area contributed by atoms with Crippen LogP contribution in [-0.4, -0.2) is 32.9 Å². The lowest BCUT2D eigenvalue weighted by Gasteiger charge is -2.10. The number of rotatable bonds is 9. The quantitative estimate of drug-likeness (QED) is 0.214. The Labute approximate surface area is 191 Å². The predicted octanol–water partition coefficient (Wildman–Crippen LogP) is 4.91. The fourth-order valence-electron chi connectivity index (χ4n) is 2.89. The maximum absolute atomic E-state index is 9.85. The summed E-state index contributed by atoms with van der Waals surface area (Å²) in [4.78, 5) is 13.3. The van der Waals surface area contributed by atoms with Crippen molar-refractivity contribution in [2.45, 2.75) is 6.92 Å². The summed E-state index contributed by atoms with van der Waals surface area (Å²) in [5.74, 6) is 1.44. The van der Waals surface area contributed by atoms with Gasteiger partial charge in [-0.15, -0.1) is 0 Å². The number of benzene rings is 3. The Hall–Kier alpha value is -4.66. The first kappa shape index (κ1) is 21.6. The van der Waals surface area contributed by atoms with Crippen molar-refractivity contribution in [1.82, 2.24) is 15.0 Å². The molecule has 0 bridgehead atoms. The molecule has 3 aromatic carbocycles. The molecule has 1 aromatic heterocycles. The van der Waals surface area contributed by atoms with Gasteiger partial charge in [0.15, 0.2) is 11.5 Å². The van der Waals surface area contributed by atoms with E-state index in [0.717, 1.165) is 16.9 Å². The van der Waals surface area contributed by atoms with E-state index in [0.29, 0.717) is 24.3 Å². The second kappa shape index (κ2) is 10.6. The van der Waals surface area contributed by atoms with E-state index in [-0.39, 0.29) is 11.7 Å². The average molecular weight is 441 g/mol. The molecule has 4 aromatic rings. The standard InChI is InChI=1S/C24H23N7O2/c1-2-33-21-15-17(13-14-20(21)32)16-25-31-24-29-22(26-18-9-5-3-6-10-18)28-23(30-24)27-19-11-7-4-8-12-19/h3-16,32H,2H2,1H3,(H3,26,27,28,29,30,31)/b25-16-. The highest BCUT2D eigenvalue weighted by Crippen LogP contribution is 2.26. The van der Waals surface area contributed by atoms with Crippen molar-refractivity contribution in [2.24, 2.45) is 5.10 Å². The van der Waals surface area contributed by atoms with E-state index in [1.54, 1.807) is 24.4 Å². The second-order valence-corrected chi connectivity index (χ2v) is 6.82. The highest BCUT2D eigenvalue weighted by molar-refractivity contribution is 5.81. The van der Waals surface area contributed by atoms with Crippen LogP contribution < -0.4 is 20.8 Å². The number of aromatic nitrogens is 3. The van der Waals surface area contributed by atoms with Gasteiger partial charge in [-0.1, -0.05) is 36.4 Å². The molecule has 0 spiro atoms. The number of phenolic OH excluding ortho intramolecular Hbond substituents is 1. The van der Waals surface area contributed by atoms with Crippen molar-refractivity contribution in [1.29, 1.82) is 0 Å². The SMILES string of the molecule is CCOc1cc(/C=N\Nc2nc(Nc3ccccc3)nc(Nc3ccccc3)n2)ccc1O. The molecule has 166 valence electrons. The van der Waals surface area contributed by atoms with Crippen molar-refractivity contribution in [3.8, 4) is 11.5 Å². The fraction of sp³-hybridized carbons (Fsp3) is 0.0833. The molecule has 1 heterocycles. The predicted molar refractivity (Wildman–Crippen MR) is 130 cm³/mol. The van der Waals surface area contributed by atoms with Gasteiger partial charge in [-0.25, -0.2) is 5.43 Å². The van der Waals surface area contributed by atoms with Gasteiger partial charge in [0.1, 0.15) is 0 Å². The zero-order chi connectivity index (χ0) is 22.9. The monoisotopic (exact) mass is 441 g/mol. The van der Waals surface area contributed by atoms with Crippen LogP contribution in [0.5, 0.6) is 11.5 Å². The maximum Gasteiger partial charge on any atom is 0.250 e. The van der Waals surface area contributed by atoms with E-state index >= 15 is 0 Å². The summed E-state index contributed by atoms with van der Waals surface area (Å²) < 4.78 is 5.40. The van der Waals surface area contributed by atoms with Crippen molar-refractivity contribution >= 4 is 35.4 Å². The number of nitrogens with zero attached hydrogens (tertiary/aromatic N) is 4. The van der Waals surface area contributed by atoms with Gasteiger partial charge in [0.25, 0.3) is 0 Å². The van der Waals surface area contributed by atoms with Gasteiger partial charge in [-0.3, -0.25) is 0 Å². The maximum atomic E-state index is 9.85. The Morgan fingerprint density at radius 2 is 1.39 bits per heavy atom. The van der Waals surface area contributed by atoms with Crippen molar-refractivity contribution in [2.75, 3.05) is 22.7 Å². The molecule has 33 heavy (non-hydrogen) atoms. The number of para-hydroxylation sites is 2. The summed E-state index contributed by atoms with van der Waals surface area (Å²) >= 11 is 0. The summed E-state index contributed by atoms with van der Waals surface area (Å²) in [6.45, 7) is 2.30. The molecule has 4 N–H and O–H groups in total. The largest absolute Gasteiger partial charge is 0.504 e. The summed E-state index contributed by atoms with van der Waals surface area (Å²) in [5, 5.41) is 20.4. The summed E-state index contributed by atoms with van der Waals surface area (Å²) in [7, 11) is 0. The van der Waals surface area contributed by atoms with Gasteiger partial charge < -0.3 is 20.5 Å². The number of hydrogen-bond donors (Lipinski definition) is 4. The first-order valence-corrected chi connectivity index (χ1v) is 10.3. The molecule has 0 aliphatic carbocycles. The Balaban J connectivity index is 1.55. The Morgan fingerprint density at radius 3 is 1.97 bits per heavy atom. The van der Waals surface area contributed by atoms with Crippen LogP contribution in [0.4, 0.5) is 29.2 Å². The van der Waals surface area contributed by atoms with Crippen LogP contribution in [0, 0.1) is 0 Å². The highest BCUT2D eigenvalue weighted by atomic mass is 16.5. The molecule has 4 rings (SSSR count). The number of phenols is 1. The molecule has 0 amide bonds. The van der Waals surface area contributed by atoms with Crippen LogP contribution in [0.3, 0.4) is 0 Å². The third-order valence-corrected chi connectivity index (χ3v) is 4.36. The van der Waals surface area contributed by atoms with E-state index in [1.165, 1.54) is 0 Å². The van der Waals surface area contributed by atoms with Crippen molar-refractivity contribution in [3.63, 3.8) is 0 Å². The molecule has 0 saturated heterocycles. The zero-order valence-corrected chi connectivity index (χ0v) is 17.9. The van der Waals surface area contributed by atoms with Crippen LogP contribution in [0.25, 0.3) is 0 Å². The van der Waals surface area contributed by atoms with Gasteiger partial charge in [0, 0.05) is 11.4 Å². The van der Waals surface area contributed by atoms with E-state index in [9.17, 15) is 5.11 Å². The molecule has 0 fully saturated rings. The number of hydrazone groups is 1. The second-order valence-electron chi connectivity index (χ2n) is 6.82. The molecule has 0 atom stereocenters. The lowest BCUT2D eigenvalue weighted by molar-refractivity contribution is 0.318. The molecular weight excluding hydrogens is 418 g/mol. The van der Waals surface area contributed by atoms with Crippen molar-refractivity contribution in [3.05, 3.63) is 84.4 Å². The number of ether oxygens (including phenoxy) is 1. The fourth-order valence-corrected chi connectivity index (χ4v) is 2.89. The third-order valence-electron chi connectivity index (χ3n) is 4.36. The molecule has 9 heteroatoms. The summed E-state index contributed by atoms with van der Waals surface area (Å²) in [6, 6.07) is 24.2. The Kier molecular flexibility index (Phi) is 6.92. The Bertz CT molecular complexity index is 1160. The number of aromatic hydroxyl groups is 1. The van der Waals surface area contributed by atoms with Gasteiger partial charge in [0.05, 0.1) is 12.8 Å². The van der Waals surface area contributed by atoms with Gasteiger partial charge >= 0.3 is 0 Å².